The minimum atomic E-state index is 0.486. The van der Waals surface area contributed by atoms with E-state index in [0.29, 0.717) is 6.04 Å². The van der Waals surface area contributed by atoms with Gasteiger partial charge in [0.25, 0.3) is 0 Å². The molecular formula is C14H20N2O. The fourth-order valence-electron chi connectivity index (χ4n) is 2.76. The van der Waals surface area contributed by atoms with Crippen LogP contribution in [0.15, 0.2) is 18.2 Å². The van der Waals surface area contributed by atoms with Crippen molar-refractivity contribution in [2.24, 2.45) is 0 Å². The second-order valence-electron chi connectivity index (χ2n) is 4.91. The predicted molar refractivity (Wildman–Crippen MR) is 69.6 cm³/mol. The summed E-state index contributed by atoms with van der Waals surface area (Å²) in [5.41, 5.74) is 4.33. The predicted octanol–water partition coefficient (Wildman–Crippen LogP) is 1.73. The number of morpholine rings is 1. The Labute approximate surface area is 103 Å². The van der Waals surface area contributed by atoms with Gasteiger partial charge in [0, 0.05) is 24.8 Å². The SMILES string of the molecule is CC1NCCc2ccc(N3CCOCC3)cc21. The second kappa shape index (κ2) is 4.67. The van der Waals surface area contributed by atoms with Crippen molar-refractivity contribution < 1.29 is 4.74 Å². The molecule has 3 nitrogen and oxygen atoms in total. The fraction of sp³-hybridized carbons (Fsp3) is 0.571. The molecule has 1 atom stereocenters. The Bertz CT molecular complexity index is 399. The molecule has 2 heterocycles. The molecule has 0 radical (unpaired) electrons. The number of ether oxygens (including phenoxy) is 1. The van der Waals surface area contributed by atoms with Crippen LogP contribution in [0.2, 0.25) is 0 Å². The number of hydrogen-bond acceptors (Lipinski definition) is 3. The number of rotatable bonds is 1. The third-order valence-electron chi connectivity index (χ3n) is 3.82. The Hall–Kier alpha value is -1.06. The number of anilines is 1. The molecule has 1 aromatic rings. The Morgan fingerprint density at radius 3 is 2.94 bits per heavy atom. The Morgan fingerprint density at radius 2 is 2.12 bits per heavy atom. The monoisotopic (exact) mass is 232 g/mol. The minimum Gasteiger partial charge on any atom is -0.378 e. The van der Waals surface area contributed by atoms with Gasteiger partial charge in [-0.2, -0.15) is 0 Å². The molecule has 0 amide bonds. The molecule has 3 rings (SSSR count). The molecule has 2 aliphatic rings. The lowest BCUT2D eigenvalue weighted by atomic mass is 9.94. The van der Waals surface area contributed by atoms with E-state index in [0.717, 1.165) is 39.3 Å². The molecule has 3 heteroatoms. The summed E-state index contributed by atoms with van der Waals surface area (Å²) in [5.74, 6) is 0. The molecular weight excluding hydrogens is 212 g/mol. The van der Waals surface area contributed by atoms with E-state index in [9.17, 15) is 0 Å². The van der Waals surface area contributed by atoms with Crippen LogP contribution in [-0.2, 0) is 11.2 Å². The molecule has 1 aromatic carbocycles. The molecule has 0 aromatic heterocycles. The summed E-state index contributed by atoms with van der Waals surface area (Å²) in [6.07, 6.45) is 1.16. The maximum absolute atomic E-state index is 5.40. The van der Waals surface area contributed by atoms with Crippen molar-refractivity contribution in [2.45, 2.75) is 19.4 Å². The molecule has 0 bridgehead atoms. The first-order chi connectivity index (χ1) is 8.34. The number of fused-ring (bicyclic) bond motifs is 1. The van der Waals surface area contributed by atoms with Crippen LogP contribution in [0.5, 0.6) is 0 Å². The molecule has 1 saturated heterocycles. The standard InChI is InChI=1S/C14H20N2O/c1-11-14-10-13(16-6-8-17-9-7-16)3-2-12(14)4-5-15-11/h2-3,10-11,15H,4-9H2,1H3. The van der Waals surface area contributed by atoms with Crippen LogP contribution in [-0.4, -0.2) is 32.8 Å². The highest BCUT2D eigenvalue weighted by atomic mass is 16.5. The topological polar surface area (TPSA) is 24.5 Å². The molecule has 1 N–H and O–H groups in total. The lowest BCUT2D eigenvalue weighted by molar-refractivity contribution is 0.122. The van der Waals surface area contributed by atoms with Crippen LogP contribution in [0.4, 0.5) is 5.69 Å². The van der Waals surface area contributed by atoms with Crippen molar-refractivity contribution in [1.29, 1.82) is 0 Å². The highest BCUT2D eigenvalue weighted by molar-refractivity contribution is 5.52. The zero-order valence-electron chi connectivity index (χ0n) is 10.4. The smallest absolute Gasteiger partial charge is 0.0642 e. The number of nitrogens with one attached hydrogen (secondary N) is 1. The Balaban J connectivity index is 1.88. The van der Waals surface area contributed by atoms with Gasteiger partial charge < -0.3 is 15.0 Å². The van der Waals surface area contributed by atoms with Gasteiger partial charge in [-0.25, -0.2) is 0 Å². The van der Waals surface area contributed by atoms with E-state index in [1.54, 1.807) is 0 Å². The molecule has 2 aliphatic heterocycles. The first-order valence-electron chi connectivity index (χ1n) is 6.53. The van der Waals surface area contributed by atoms with Gasteiger partial charge in [0.05, 0.1) is 13.2 Å². The number of hydrogen-bond donors (Lipinski definition) is 1. The average molecular weight is 232 g/mol. The van der Waals surface area contributed by atoms with Crippen LogP contribution in [0.1, 0.15) is 24.1 Å². The molecule has 1 fully saturated rings. The highest BCUT2D eigenvalue weighted by Crippen LogP contribution is 2.27. The van der Waals surface area contributed by atoms with Crippen molar-refractivity contribution in [3.05, 3.63) is 29.3 Å². The quantitative estimate of drug-likeness (QED) is 0.798. The van der Waals surface area contributed by atoms with Crippen LogP contribution in [0.3, 0.4) is 0 Å². The first-order valence-corrected chi connectivity index (χ1v) is 6.53. The van der Waals surface area contributed by atoms with E-state index in [1.807, 2.05) is 0 Å². The summed E-state index contributed by atoms with van der Waals surface area (Å²) in [6, 6.07) is 7.41. The van der Waals surface area contributed by atoms with E-state index < -0.39 is 0 Å². The van der Waals surface area contributed by atoms with Gasteiger partial charge in [0.1, 0.15) is 0 Å². The largest absolute Gasteiger partial charge is 0.378 e. The fourth-order valence-corrected chi connectivity index (χ4v) is 2.76. The maximum Gasteiger partial charge on any atom is 0.0642 e. The zero-order valence-corrected chi connectivity index (χ0v) is 10.4. The normalized spacial score (nSPS) is 24.5. The van der Waals surface area contributed by atoms with Crippen LogP contribution in [0, 0.1) is 0 Å². The van der Waals surface area contributed by atoms with Gasteiger partial charge in [0.2, 0.25) is 0 Å². The van der Waals surface area contributed by atoms with Crippen molar-refractivity contribution in [1.82, 2.24) is 5.32 Å². The summed E-state index contributed by atoms with van der Waals surface area (Å²) in [5, 5.41) is 3.53. The molecule has 1 unspecified atom stereocenters. The van der Waals surface area contributed by atoms with Gasteiger partial charge >= 0.3 is 0 Å². The summed E-state index contributed by atoms with van der Waals surface area (Å²) < 4.78 is 5.40. The van der Waals surface area contributed by atoms with Gasteiger partial charge in [-0.15, -0.1) is 0 Å². The Morgan fingerprint density at radius 1 is 1.29 bits per heavy atom. The van der Waals surface area contributed by atoms with Crippen molar-refractivity contribution >= 4 is 5.69 Å². The molecule has 92 valence electrons. The summed E-state index contributed by atoms with van der Waals surface area (Å²) >= 11 is 0. The van der Waals surface area contributed by atoms with Crippen molar-refractivity contribution in [3.63, 3.8) is 0 Å². The Kier molecular flexibility index (Phi) is 3.04. The van der Waals surface area contributed by atoms with Gasteiger partial charge in [-0.1, -0.05) is 6.07 Å². The number of nitrogens with zero attached hydrogens (tertiary/aromatic N) is 1. The van der Waals surface area contributed by atoms with Gasteiger partial charge in [-0.3, -0.25) is 0 Å². The number of benzene rings is 1. The molecule has 17 heavy (non-hydrogen) atoms. The zero-order chi connectivity index (χ0) is 11.7. The van der Waals surface area contributed by atoms with E-state index in [1.165, 1.54) is 16.8 Å². The average Bonchev–Trinajstić information content (AvgIpc) is 2.40. The third-order valence-corrected chi connectivity index (χ3v) is 3.82. The molecule has 0 saturated carbocycles. The van der Waals surface area contributed by atoms with E-state index >= 15 is 0 Å². The molecule has 0 aliphatic carbocycles. The third kappa shape index (κ3) is 2.17. The summed E-state index contributed by atoms with van der Waals surface area (Å²) in [4.78, 5) is 2.42. The van der Waals surface area contributed by atoms with Crippen molar-refractivity contribution in [3.8, 4) is 0 Å². The lowest BCUT2D eigenvalue weighted by Crippen LogP contribution is -2.36. The van der Waals surface area contributed by atoms with E-state index in [-0.39, 0.29) is 0 Å². The second-order valence-corrected chi connectivity index (χ2v) is 4.91. The van der Waals surface area contributed by atoms with Crippen LogP contribution < -0.4 is 10.2 Å². The highest BCUT2D eigenvalue weighted by Gasteiger charge is 2.18. The summed E-state index contributed by atoms with van der Waals surface area (Å²) in [7, 11) is 0. The summed E-state index contributed by atoms with van der Waals surface area (Å²) in [6.45, 7) is 7.09. The van der Waals surface area contributed by atoms with Gasteiger partial charge in [0.15, 0.2) is 0 Å². The van der Waals surface area contributed by atoms with E-state index in [4.69, 9.17) is 4.74 Å². The maximum atomic E-state index is 5.40. The first kappa shape index (κ1) is 11.1. The van der Waals surface area contributed by atoms with Crippen LogP contribution >= 0.6 is 0 Å². The van der Waals surface area contributed by atoms with Crippen molar-refractivity contribution in [2.75, 3.05) is 37.7 Å². The van der Waals surface area contributed by atoms with Crippen LogP contribution in [0.25, 0.3) is 0 Å². The minimum absolute atomic E-state index is 0.486. The van der Waals surface area contributed by atoms with Gasteiger partial charge in [-0.05, 0) is 43.1 Å². The molecule has 0 spiro atoms. The van der Waals surface area contributed by atoms with E-state index in [2.05, 4.69) is 35.3 Å². The lowest BCUT2D eigenvalue weighted by Gasteiger charge is -2.31.